The van der Waals surface area contributed by atoms with E-state index in [0.29, 0.717) is 12.8 Å². The Morgan fingerprint density at radius 2 is 1.72 bits per heavy atom. The van der Waals surface area contributed by atoms with Crippen molar-refractivity contribution in [3.63, 3.8) is 0 Å². The number of sulfone groups is 1. The largest absolute Gasteiger partial charge is 0.222 e. The normalized spacial score (nSPS) is 13.3. The van der Waals surface area contributed by atoms with Gasteiger partial charge in [-0.05, 0) is 30.2 Å². The number of nitriles is 1. The molecule has 0 spiro atoms. The van der Waals surface area contributed by atoms with E-state index < -0.39 is 20.9 Å². The molecule has 1 aromatic carbocycles. The summed E-state index contributed by atoms with van der Waals surface area (Å²) in [5.41, 5.74) is 0. The molecule has 0 saturated heterocycles. The predicted octanol–water partition coefficient (Wildman–Crippen LogP) is 2.93. The summed E-state index contributed by atoms with van der Waals surface area (Å²) >= 11 is 0. The molecule has 0 aromatic heterocycles. The van der Waals surface area contributed by atoms with Gasteiger partial charge in [0, 0.05) is 0 Å². The summed E-state index contributed by atoms with van der Waals surface area (Å²) in [7, 11) is -3.72. The summed E-state index contributed by atoms with van der Waals surface area (Å²) in [6.45, 7) is 3.72. The number of hydrogen-bond donors (Lipinski definition) is 0. The minimum Gasteiger partial charge on any atom is -0.222 e. The average Bonchev–Trinajstić information content (AvgIpc) is 2.35. The third kappa shape index (κ3) is 2.88. The van der Waals surface area contributed by atoms with Crippen LogP contribution in [0.15, 0.2) is 29.2 Å². The Hall–Kier alpha value is -1.41. The van der Waals surface area contributed by atoms with Crippen LogP contribution in [0, 0.1) is 23.1 Å². The van der Waals surface area contributed by atoms with Gasteiger partial charge in [0.05, 0.1) is 11.0 Å². The first-order chi connectivity index (χ1) is 8.47. The lowest BCUT2D eigenvalue weighted by Crippen LogP contribution is -2.28. The number of hydrogen-bond acceptors (Lipinski definition) is 3. The van der Waals surface area contributed by atoms with Crippen molar-refractivity contribution in [1.29, 1.82) is 5.26 Å². The van der Waals surface area contributed by atoms with Crippen molar-refractivity contribution in [2.75, 3.05) is 0 Å². The van der Waals surface area contributed by atoms with Crippen molar-refractivity contribution in [3.8, 4) is 6.07 Å². The van der Waals surface area contributed by atoms with E-state index in [9.17, 15) is 12.8 Å². The fourth-order valence-electron chi connectivity index (χ4n) is 1.92. The maximum Gasteiger partial charge on any atom is 0.194 e. The zero-order valence-corrected chi connectivity index (χ0v) is 11.2. The summed E-state index contributed by atoms with van der Waals surface area (Å²) in [5, 5.41) is 8.04. The molecular formula is C13H16FNO2S. The number of rotatable bonds is 5. The Kier molecular flexibility index (Phi) is 4.85. The maximum atomic E-state index is 12.8. The van der Waals surface area contributed by atoms with Crippen molar-refractivity contribution in [2.24, 2.45) is 5.92 Å². The van der Waals surface area contributed by atoms with Gasteiger partial charge in [0.15, 0.2) is 15.1 Å². The van der Waals surface area contributed by atoms with Crippen molar-refractivity contribution in [3.05, 3.63) is 30.1 Å². The van der Waals surface area contributed by atoms with Crippen LogP contribution < -0.4 is 0 Å². The second-order valence-corrected chi connectivity index (χ2v) is 6.19. The molecule has 0 amide bonds. The van der Waals surface area contributed by atoms with Crippen LogP contribution in [0.5, 0.6) is 0 Å². The average molecular weight is 269 g/mol. The van der Waals surface area contributed by atoms with E-state index in [2.05, 4.69) is 0 Å². The van der Waals surface area contributed by atoms with Crippen molar-refractivity contribution in [2.45, 2.75) is 36.8 Å². The van der Waals surface area contributed by atoms with Crippen LogP contribution in [0.25, 0.3) is 0 Å². The van der Waals surface area contributed by atoms with Crippen LogP contribution in [0.1, 0.15) is 26.7 Å². The molecule has 1 unspecified atom stereocenters. The fraction of sp³-hybridized carbons (Fsp3) is 0.462. The van der Waals surface area contributed by atoms with Gasteiger partial charge < -0.3 is 0 Å². The lowest BCUT2D eigenvalue weighted by Gasteiger charge is -2.19. The summed E-state index contributed by atoms with van der Waals surface area (Å²) in [5.74, 6) is -0.699. The van der Waals surface area contributed by atoms with Crippen molar-refractivity contribution >= 4 is 9.84 Å². The van der Waals surface area contributed by atoms with Crippen LogP contribution >= 0.6 is 0 Å². The summed E-state index contributed by atoms with van der Waals surface area (Å²) in [6, 6.07) is 6.47. The zero-order chi connectivity index (χ0) is 13.8. The van der Waals surface area contributed by atoms with Gasteiger partial charge in [0.2, 0.25) is 0 Å². The maximum absolute atomic E-state index is 12.8. The molecule has 0 N–H and O–H groups in total. The van der Waals surface area contributed by atoms with Crippen LogP contribution in [-0.4, -0.2) is 13.7 Å². The summed E-state index contributed by atoms with van der Waals surface area (Å²) < 4.78 is 37.4. The monoisotopic (exact) mass is 269 g/mol. The minimum atomic E-state index is -3.72. The van der Waals surface area contributed by atoms with Gasteiger partial charge in [0.25, 0.3) is 0 Å². The minimum absolute atomic E-state index is 0.00218. The van der Waals surface area contributed by atoms with E-state index in [4.69, 9.17) is 5.26 Å². The third-order valence-corrected chi connectivity index (χ3v) is 5.17. The first-order valence-electron chi connectivity index (χ1n) is 5.86. The molecule has 0 aliphatic rings. The quantitative estimate of drug-likeness (QED) is 0.772. The molecule has 1 aromatic rings. The third-order valence-electron chi connectivity index (χ3n) is 3.08. The molecular weight excluding hydrogens is 253 g/mol. The van der Waals surface area contributed by atoms with E-state index in [1.54, 1.807) is 0 Å². The molecule has 18 heavy (non-hydrogen) atoms. The predicted molar refractivity (Wildman–Crippen MR) is 67.1 cm³/mol. The van der Waals surface area contributed by atoms with Crippen LogP contribution in [-0.2, 0) is 9.84 Å². The molecule has 98 valence electrons. The van der Waals surface area contributed by atoms with Gasteiger partial charge in [0.1, 0.15) is 5.82 Å². The highest BCUT2D eigenvalue weighted by Gasteiger charge is 2.33. The van der Waals surface area contributed by atoms with Crippen LogP contribution in [0.3, 0.4) is 0 Å². The Morgan fingerprint density at radius 3 is 2.11 bits per heavy atom. The van der Waals surface area contributed by atoms with E-state index >= 15 is 0 Å². The first kappa shape index (κ1) is 14.7. The summed E-state index contributed by atoms with van der Waals surface area (Å²) in [6.07, 6.45) is 1.24. The standard InChI is InChI=1S/C13H16FNO2S/c1-3-10(4-2)13(9-15)18(16,17)12-7-5-11(14)6-8-12/h5-8,10,13H,3-4H2,1-2H3. The Labute approximate surface area is 107 Å². The lowest BCUT2D eigenvalue weighted by atomic mass is 10.0. The topological polar surface area (TPSA) is 57.9 Å². The molecule has 1 rings (SSSR count). The van der Waals surface area contributed by atoms with Crippen LogP contribution in [0.4, 0.5) is 4.39 Å². The number of nitrogens with zero attached hydrogens (tertiary/aromatic N) is 1. The molecule has 0 bridgehead atoms. The molecule has 0 aliphatic heterocycles. The van der Waals surface area contributed by atoms with Gasteiger partial charge in [-0.3, -0.25) is 0 Å². The van der Waals surface area contributed by atoms with E-state index in [1.807, 2.05) is 19.9 Å². The Morgan fingerprint density at radius 1 is 1.22 bits per heavy atom. The molecule has 3 nitrogen and oxygen atoms in total. The van der Waals surface area contributed by atoms with Crippen molar-refractivity contribution in [1.82, 2.24) is 0 Å². The highest BCUT2D eigenvalue weighted by molar-refractivity contribution is 7.92. The Bertz CT molecular complexity index is 527. The molecule has 5 heteroatoms. The molecule has 0 radical (unpaired) electrons. The van der Waals surface area contributed by atoms with Gasteiger partial charge >= 0.3 is 0 Å². The number of halogens is 1. The molecule has 1 atom stereocenters. The number of benzene rings is 1. The summed E-state index contributed by atoms with van der Waals surface area (Å²) in [4.78, 5) is 0.00218. The smallest absolute Gasteiger partial charge is 0.194 e. The highest BCUT2D eigenvalue weighted by Crippen LogP contribution is 2.25. The van der Waals surface area contributed by atoms with Gasteiger partial charge in [-0.2, -0.15) is 5.26 Å². The molecule has 0 fully saturated rings. The lowest BCUT2D eigenvalue weighted by molar-refractivity contribution is 0.486. The van der Waals surface area contributed by atoms with E-state index in [-0.39, 0.29) is 10.8 Å². The Balaban J connectivity index is 3.19. The molecule has 0 heterocycles. The van der Waals surface area contributed by atoms with Crippen molar-refractivity contribution < 1.29 is 12.8 Å². The molecule has 0 aliphatic carbocycles. The van der Waals surface area contributed by atoms with Gasteiger partial charge in [-0.25, -0.2) is 12.8 Å². The zero-order valence-electron chi connectivity index (χ0n) is 10.4. The highest BCUT2D eigenvalue weighted by atomic mass is 32.2. The molecule has 0 saturated carbocycles. The van der Waals surface area contributed by atoms with Gasteiger partial charge in [-0.1, -0.05) is 26.7 Å². The van der Waals surface area contributed by atoms with Crippen LogP contribution in [0.2, 0.25) is 0 Å². The fourth-order valence-corrected chi connectivity index (χ4v) is 3.75. The van der Waals surface area contributed by atoms with E-state index in [0.717, 1.165) is 12.1 Å². The first-order valence-corrected chi connectivity index (χ1v) is 7.41. The van der Waals surface area contributed by atoms with Gasteiger partial charge in [-0.15, -0.1) is 0 Å². The SMILES string of the molecule is CCC(CC)C(C#N)S(=O)(=O)c1ccc(F)cc1. The second kappa shape index (κ2) is 5.96. The van der Waals surface area contributed by atoms with E-state index in [1.165, 1.54) is 12.1 Å². The second-order valence-electron chi connectivity index (χ2n) is 4.13.